The van der Waals surface area contributed by atoms with E-state index in [-0.39, 0.29) is 0 Å². The molecule has 0 atom stereocenters. The topological polar surface area (TPSA) is 12.7 Å². The van der Waals surface area contributed by atoms with E-state index in [0.29, 0.717) is 0 Å². The van der Waals surface area contributed by atoms with Gasteiger partial charge in [0, 0.05) is 17.7 Å². The first kappa shape index (κ1) is 16.3. The SMILES string of the molecule is Cc1c(-c2cccc[n+]2C)cccc1-c1n(-c2ccccc2)cc[n+]1C. The average Bonchev–Trinajstić information content (AvgIpc) is 3.05. The molecular formula is C23H23N3+2. The molecule has 128 valence electrons. The Morgan fingerprint density at radius 3 is 2.19 bits per heavy atom. The lowest BCUT2D eigenvalue weighted by Gasteiger charge is -2.10. The molecule has 0 spiro atoms. The molecule has 0 radical (unpaired) electrons. The van der Waals surface area contributed by atoms with Gasteiger partial charge in [-0.05, 0) is 42.8 Å². The Hall–Kier alpha value is -3.20. The van der Waals surface area contributed by atoms with Crippen molar-refractivity contribution < 1.29 is 9.13 Å². The van der Waals surface area contributed by atoms with Gasteiger partial charge in [0.2, 0.25) is 5.69 Å². The number of hydrogen-bond acceptors (Lipinski definition) is 0. The second-order valence-electron chi connectivity index (χ2n) is 6.61. The first-order valence-electron chi connectivity index (χ1n) is 8.84. The number of benzene rings is 2. The maximum Gasteiger partial charge on any atom is 0.294 e. The van der Waals surface area contributed by atoms with Gasteiger partial charge < -0.3 is 0 Å². The molecule has 0 unspecified atom stereocenters. The maximum absolute atomic E-state index is 2.25. The second kappa shape index (κ2) is 6.60. The third kappa shape index (κ3) is 2.72. The van der Waals surface area contributed by atoms with Gasteiger partial charge in [-0.15, -0.1) is 0 Å². The lowest BCUT2D eigenvalue weighted by atomic mass is 9.98. The molecule has 4 rings (SSSR count). The lowest BCUT2D eigenvalue weighted by Crippen LogP contribution is -2.31. The molecular weight excluding hydrogens is 318 g/mol. The van der Waals surface area contributed by atoms with E-state index in [1.54, 1.807) is 0 Å². The van der Waals surface area contributed by atoms with Crippen LogP contribution in [0.4, 0.5) is 0 Å². The average molecular weight is 341 g/mol. The van der Waals surface area contributed by atoms with E-state index in [2.05, 4.69) is 114 Å². The highest BCUT2D eigenvalue weighted by Gasteiger charge is 2.23. The number of rotatable bonds is 3. The Morgan fingerprint density at radius 2 is 1.42 bits per heavy atom. The molecule has 0 N–H and O–H groups in total. The Labute approximate surface area is 154 Å². The highest BCUT2D eigenvalue weighted by Crippen LogP contribution is 2.30. The molecule has 26 heavy (non-hydrogen) atoms. The van der Waals surface area contributed by atoms with Crippen LogP contribution in [0.5, 0.6) is 0 Å². The van der Waals surface area contributed by atoms with Gasteiger partial charge in [-0.3, -0.25) is 0 Å². The minimum atomic E-state index is 1.16. The van der Waals surface area contributed by atoms with Crippen LogP contribution < -0.4 is 9.13 Å². The van der Waals surface area contributed by atoms with E-state index in [0.717, 1.165) is 5.69 Å². The highest BCUT2D eigenvalue weighted by atomic mass is 15.1. The zero-order chi connectivity index (χ0) is 18.1. The van der Waals surface area contributed by atoms with E-state index in [1.165, 1.54) is 28.2 Å². The number of aromatic nitrogens is 3. The zero-order valence-corrected chi connectivity index (χ0v) is 15.4. The van der Waals surface area contributed by atoms with Gasteiger partial charge in [-0.2, -0.15) is 4.57 Å². The van der Waals surface area contributed by atoms with Gasteiger partial charge in [-0.1, -0.05) is 24.3 Å². The molecule has 0 fully saturated rings. The number of nitrogens with zero attached hydrogens (tertiary/aromatic N) is 3. The predicted molar refractivity (Wildman–Crippen MR) is 104 cm³/mol. The molecule has 0 bridgehead atoms. The second-order valence-corrected chi connectivity index (χ2v) is 6.61. The van der Waals surface area contributed by atoms with Crippen molar-refractivity contribution in [1.82, 2.24) is 4.57 Å². The number of para-hydroxylation sites is 1. The van der Waals surface area contributed by atoms with Crippen molar-refractivity contribution in [2.45, 2.75) is 6.92 Å². The number of hydrogen-bond donors (Lipinski definition) is 0. The summed E-state index contributed by atoms with van der Waals surface area (Å²) >= 11 is 0. The van der Waals surface area contributed by atoms with Crippen LogP contribution in [0, 0.1) is 6.92 Å². The smallest absolute Gasteiger partial charge is 0.232 e. The summed E-state index contributed by atoms with van der Waals surface area (Å²) in [5.74, 6) is 1.18. The van der Waals surface area contributed by atoms with Gasteiger partial charge in [0.1, 0.15) is 25.1 Å². The van der Waals surface area contributed by atoms with Crippen LogP contribution in [0.3, 0.4) is 0 Å². The third-order valence-corrected chi connectivity index (χ3v) is 4.94. The minimum Gasteiger partial charge on any atom is -0.232 e. The summed E-state index contributed by atoms with van der Waals surface area (Å²) in [5, 5.41) is 0. The van der Waals surface area contributed by atoms with Crippen molar-refractivity contribution in [2.75, 3.05) is 0 Å². The fourth-order valence-electron chi connectivity index (χ4n) is 3.55. The fourth-order valence-corrected chi connectivity index (χ4v) is 3.55. The maximum atomic E-state index is 2.25. The van der Waals surface area contributed by atoms with Crippen molar-refractivity contribution in [3.63, 3.8) is 0 Å². The van der Waals surface area contributed by atoms with Gasteiger partial charge in [-0.25, -0.2) is 9.13 Å². The Morgan fingerprint density at radius 1 is 0.692 bits per heavy atom. The van der Waals surface area contributed by atoms with E-state index in [1.807, 2.05) is 6.07 Å². The van der Waals surface area contributed by atoms with Crippen molar-refractivity contribution >= 4 is 0 Å². The normalized spacial score (nSPS) is 10.9. The Kier molecular flexibility index (Phi) is 4.13. The summed E-state index contributed by atoms with van der Waals surface area (Å²) in [7, 11) is 4.19. The zero-order valence-electron chi connectivity index (χ0n) is 15.4. The molecule has 0 saturated carbocycles. The summed E-state index contributed by atoms with van der Waals surface area (Å²) < 4.78 is 6.60. The van der Waals surface area contributed by atoms with Gasteiger partial charge in [0.15, 0.2) is 6.20 Å². The number of aryl methyl sites for hydroxylation is 2. The van der Waals surface area contributed by atoms with Crippen molar-refractivity contribution in [1.29, 1.82) is 0 Å². The molecule has 2 heterocycles. The predicted octanol–water partition coefficient (Wildman–Crippen LogP) is 3.77. The summed E-state index contributed by atoms with van der Waals surface area (Å²) in [5.41, 5.74) is 6.15. The van der Waals surface area contributed by atoms with Crippen LogP contribution in [0.1, 0.15) is 5.56 Å². The largest absolute Gasteiger partial charge is 0.294 e. The quantitative estimate of drug-likeness (QED) is 0.503. The fraction of sp³-hybridized carbons (Fsp3) is 0.130. The molecule has 2 aromatic carbocycles. The van der Waals surface area contributed by atoms with E-state index < -0.39 is 0 Å². The summed E-state index contributed by atoms with van der Waals surface area (Å²) in [6.45, 7) is 2.21. The monoisotopic (exact) mass is 341 g/mol. The first-order chi connectivity index (χ1) is 12.7. The number of pyridine rings is 1. The molecule has 4 aromatic rings. The standard InChI is InChI=1S/C23H23N3/c1-18-20(22-14-7-8-15-24(22)2)12-9-13-21(18)23-25(3)16-17-26(23)19-10-5-4-6-11-19/h4-17H,1-3H3/q+2. The third-order valence-electron chi connectivity index (χ3n) is 4.94. The summed E-state index contributed by atoms with van der Waals surface area (Å²) in [6, 6.07) is 23.3. The lowest BCUT2D eigenvalue weighted by molar-refractivity contribution is -0.660. The van der Waals surface area contributed by atoms with Gasteiger partial charge >= 0.3 is 0 Å². The van der Waals surface area contributed by atoms with Crippen LogP contribution in [0.25, 0.3) is 28.3 Å². The van der Waals surface area contributed by atoms with Crippen LogP contribution in [-0.4, -0.2) is 4.57 Å². The van der Waals surface area contributed by atoms with E-state index in [9.17, 15) is 0 Å². The van der Waals surface area contributed by atoms with Gasteiger partial charge in [0.25, 0.3) is 5.82 Å². The Balaban J connectivity index is 1.93. The Bertz CT molecular complexity index is 1060. The molecule has 3 heteroatoms. The molecule has 0 saturated heterocycles. The molecule has 0 amide bonds. The van der Waals surface area contributed by atoms with Crippen LogP contribution >= 0.6 is 0 Å². The molecule has 3 nitrogen and oxygen atoms in total. The van der Waals surface area contributed by atoms with Crippen LogP contribution in [0.2, 0.25) is 0 Å². The molecule has 0 aliphatic rings. The van der Waals surface area contributed by atoms with Crippen molar-refractivity contribution in [3.05, 3.63) is 90.9 Å². The van der Waals surface area contributed by atoms with E-state index in [4.69, 9.17) is 0 Å². The minimum absolute atomic E-state index is 1.16. The van der Waals surface area contributed by atoms with Crippen LogP contribution in [0.15, 0.2) is 85.3 Å². The van der Waals surface area contributed by atoms with Crippen molar-refractivity contribution in [3.8, 4) is 28.3 Å². The molecule has 0 aliphatic carbocycles. The summed E-state index contributed by atoms with van der Waals surface area (Å²) in [4.78, 5) is 0. The molecule has 2 aromatic heterocycles. The van der Waals surface area contributed by atoms with E-state index >= 15 is 0 Å². The van der Waals surface area contributed by atoms with Crippen molar-refractivity contribution in [2.24, 2.45) is 14.1 Å². The number of imidazole rings is 1. The summed E-state index contributed by atoms with van der Waals surface area (Å²) in [6.07, 6.45) is 6.32. The first-order valence-corrected chi connectivity index (χ1v) is 8.84. The van der Waals surface area contributed by atoms with Gasteiger partial charge in [0.05, 0.1) is 12.6 Å². The highest BCUT2D eigenvalue weighted by molar-refractivity contribution is 5.72. The molecule has 0 aliphatic heterocycles. The van der Waals surface area contributed by atoms with Crippen LogP contribution in [-0.2, 0) is 14.1 Å².